The van der Waals surface area contributed by atoms with Crippen LogP contribution in [-0.2, 0) is 0 Å². The molecule has 1 N–H and O–H groups in total. The van der Waals surface area contributed by atoms with Crippen LogP contribution in [0.1, 0.15) is 11.1 Å². The van der Waals surface area contributed by atoms with Crippen molar-refractivity contribution < 1.29 is 4.74 Å². The highest BCUT2D eigenvalue weighted by Gasteiger charge is 2.05. The molecular formula is C16H13NO. The monoisotopic (exact) mass is 235 g/mol. The fourth-order valence-corrected chi connectivity index (χ4v) is 1.85. The van der Waals surface area contributed by atoms with Crippen LogP contribution in [0.2, 0.25) is 0 Å². The minimum absolute atomic E-state index is 0.856. The molecule has 2 heteroatoms. The highest BCUT2D eigenvalue weighted by atomic mass is 16.5. The summed E-state index contributed by atoms with van der Waals surface area (Å²) in [6, 6.07) is 16.3. The first-order valence-corrected chi connectivity index (χ1v) is 5.87. The van der Waals surface area contributed by atoms with Crippen LogP contribution in [0, 0.1) is 0 Å². The Morgan fingerprint density at radius 3 is 2.61 bits per heavy atom. The Kier molecular flexibility index (Phi) is 2.84. The van der Waals surface area contributed by atoms with Gasteiger partial charge in [0.15, 0.2) is 0 Å². The van der Waals surface area contributed by atoms with Crippen LogP contribution >= 0.6 is 0 Å². The van der Waals surface area contributed by atoms with Gasteiger partial charge in [0.1, 0.15) is 12.0 Å². The fraction of sp³-hybridized carbons (Fsp3) is 0. The topological polar surface area (TPSA) is 21.3 Å². The van der Waals surface area contributed by atoms with Crippen molar-refractivity contribution in [3.63, 3.8) is 0 Å². The number of benzene rings is 2. The fourth-order valence-electron chi connectivity index (χ4n) is 1.85. The van der Waals surface area contributed by atoms with E-state index in [9.17, 15) is 0 Å². The van der Waals surface area contributed by atoms with Crippen molar-refractivity contribution in [2.24, 2.45) is 0 Å². The molecule has 2 nitrogen and oxygen atoms in total. The normalized spacial score (nSPS) is 12.9. The Bertz CT molecular complexity index is 600. The van der Waals surface area contributed by atoms with E-state index in [0.717, 1.165) is 17.0 Å². The molecule has 0 atom stereocenters. The molecule has 0 saturated carbocycles. The van der Waals surface area contributed by atoms with Crippen molar-refractivity contribution in [1.82, 2.24) is 0 Å². The molecule has 1 heterocycles. The van der Waals surface area contributed by atoms with Crippen molar-refractivity contribution in [2.45, 2.75) is 0 Å². The van der Waals surface area contributed by atoms with E-state index >= 15 is 0 Å². The van der Waals surface area contributed by atoms with Crippen LogP contribution in [0.3, 0.4) is 0 Å². The number of fused-ring (bicyclic) bond motifs is 1. The summed E-state index contributed by atoms with van der Waals surface area (Å²) in [5.74, 6) is 0.856. The predicted molar refractivity (Wildman–Crippen MR) is 75.2 cm³/mol. The SMILES string of the molecule is C1=COc2ccc(C=Cc3ccccc3)cc2N1. The van der Waals surface area contributed by atoms with Crippen LogP contribution in [0.15, 0.2) is 61.0 Å². The molecule has 0 aliphatic carbocycles. The van der Waals surface area contributed by atoms with E-state index in [1.165, 1.54) is 5.56 Å². The van der Waals surface area contributed by atoms with E-state index in [1.807, 2.05) is 30.3 Å². The highest BCUT2D eigenvalue weighted by molar-refractivity contribution is 5.73. The largest absolute Gasteiger partial charge is 0.461 e. The van der Waals surface area contributed by atoms with E-state index in [2.05, 4.69) is 35.7 Å². The molecule has 0 fully saturated rings. The predicted octanol–water partition coefficient (Wildman–Crippen LogP) is 4.13. The molecule has 1 aliphatic rings. The average molecular weight is 235 g/mol. The summed E-state index contributed by atoms with van der Waals surface area (Å²) in [6.45, 7) is 0. The lowest BCUT2D eigenvalue weighted by Crippen LogP contribution is -1.99. The number of rotatable bonds is 2. The molecule has 88 valence electrons. The number of anilines is 1. The first kappa shape index (κ1) is 10.7. The molecule has 2 aromatic carbocycles. The second kappa shape index (κ2) is 4.80. The summed E-state index contributed by atoms with van der Waals surface area (Å²) in [7, 11) is 0. The van der Waals surface area contributed by atoms with Gasteiger partial charge in [-0.25, -0.2) is 0 Å². The third-order valence-electron chi connectivity index (χ3n) is 2.77. The standard InChI is InChI=1S/C16H13NO/c1-2-4-13(5-3-1)6-7-14-8-9-16-15(12-14)17-10-11-18-16/h1-12,17H. The Hall–Kier alpha value is -2.48. The maximum absolute atomic E-state index is 5.37. The van der Waals surface area contributed by atoms with Crippen LogP contribution < -0.4 is 10.1 Å². The summed E-state index contributed by atoms with van der Waals surface area (Å²) in [6.07, 6.45) is 7.62. The van der Waals surface area contributed by atoms with E-state index in [1.54, 1.807) is 12.5 Å². The first-order valence-electron chi connectivity index (χ1n) is 5.87. The van der Waals surface area contributed by atoms with Gasteiger partial charge in [0.05, 0.1) is 5.69 Å². The van der Waals surface area contributed by atoms with E-state index in [-0.39, 0.29) is 0 Å². The molecule has 0 unspecified atom stereocenters. The molecule has 18 heavy (non-hydrogen) atoms. The first-order chi connectivity index (χ1) is 8.92. The van der Waals surface area contributed by atoms with Crippen LogP contribution in [-0.4, -0.2) is 0 Å². The van der Waals surface area contributed by atoms with Crippen molar-refractivity contribution >= 4 is 17.8 Å². The van der Waals surface area contributed by atoms with Gasteiger partial charge in [0.2, 0.25) is 0 Å². The molecule has 0 bridgehead atoms. The quantitative estimate of drug-likeness (QED) is 0.790. The van der Waals surface area contributed by atoms with Gasteiger partial charge in [-0.05, 0) is 23.3 Å². The number of ether oxygens (including phenoxy) is 1. The van der Waals surface area contributed by atoms with Crippen LogP contribution in [0.5, 0.6) is 5.75 Å². The Labute approximate surface area is 106 Å². The lowest BCUT2D eigenvalue weighted by Gasteiger charge is -2.13. The van der Waals surface area contributed by atoms with Gasteiger partial charge in [-0.2, -0.15) is 0 Å². The van der Waals surface area contributed by atoms with Crippen molar-refractivity contribution in [2.75, 3.05) is 5.32 Å². The van der Waals surface area contributed by atoms with E-state index < -0.39 is 0 Å². The Morgan fingerprint density at radius 2 is 1.72 bits per heavy atom. The average Bonchev–Trinajstić information content (AvgIpc) is 2.46. The van der Waals surface area contributed by atoms with Crippen molar-refractivity contribution in [3.05, 3.63) is 72.1 Å². The van der Waals surface area contributed by atoms with Gasteiger partial charge >= 0.3 is 0 Å². The minimum atomic E-state index is 0.856. The third kappa shape index (κ3) is 2.28. The number of nitrogens with one attached hydrogen (secondary N) is 1. The maximum atomic E-state index is 5.37. The lowest BCUT2D eigenvalue weighted by molar-refractivity contribution is 0.477. The number of hydrogen-bond donors (Lipinski definition) is 1. The van der Waals surface area contributed by atoms with Crippen molar-refractivity contribution in [3.8, 4) is 5.75 Å². The van der Waals surface area contributed by atoms with Crippen molar-refractivity contribution in [1.29, 1.82) is 0 Å². The highest BCUT2D eigenvalue weighted by Crippen LogP contribution is 2.28. The summed E-state index contributed by atoms with van der Waals surface area (Å²) < 4.78 is 5.37. The molecule has 0 radical (unpaired) electrons. The van der Waals surface area contributed by atoms with Gasteiger partial charge in [0, 0.05) is 6.20 Å². The van der Waals surface area contributed by atoms with Gasteiger partial charge in [-0.15, -0.1) is 0 Å². The zero-order chi connectivity index (χ0) is 12.2. The maximum Gasteiger partial charge on any atom is 0.150 e. The zero-order valence-electron chi connectivity index (χ0n) is 9.84. The summed E-state index contributed by atoms with van der Waals surface area (Å²) in [5, 5.41) is 3.16. The molecule has 0 saturated heterocycles. The zero-order valence-corrected chi connectivity index (χ0v) is 9.84. The van der Waals surface area contributed by atoms with E-state index in [4.69, 9.17) is 4.74 Å². The second-order valence-electron chi connectivity index (χ2n) is 4.06. The molecule has 3 rings (SSSR count). The van der Waals surface area contributed by atoms with E-state index in [0.29, 0.717) is 0 Å². The minimum Gasteiger partial charge on any atom is -0.461 e. The number of hydrogen-bond acceptors (Lipinski definition) is 2. The van der Waals surface area contributed by atoms with Gasteiger partial charge in [-0.3, -0.25) is 0 Å². The van der Waals surface area contributed by atoms with Gasteiger partial charge < -0.3 is 10.1 Å². The molecule has 1 aliphatic heterocycles. The second-order valence-corrected chi connectivity index (χ2v) is 4.06. The Morgan fingerprint density at radius 1 is 0.889 bits per heavy atom. The third-order valence-corrected chi connectivity index (χ3v) is 2.77. The smallest absolute Gasteiger partial charge is 0.150 e. The summed E-state index contributed by atoms with van der Waals surface area (Å²) in [4.78, 5) is 0. The van der Waals surface area contributed by atoms with Gasteiger partial charge in [0.25, 0.3) is 0 Å². The molecule has 2 aromatic rings. The lowest BCUT2D eigenvalue weighted by atomic mass is 10.1. The molecule has 0 aromatic heterocycles. The van der Waals surface area contributed by atoms with Gasteiger partial charge in [-0.1, -0.05) is 48.6 Å². The molecule has 0 amide bonds. The summed E-state index contributed by atoms with van der Waals surface area (Å²) in [5.41, 5.74) is 3.33. The molecular weight excluding hydrogens is 222 g/mol. The van der Waals surface area contributed by atoms with Crippen LogP contribution in [0.25, 0.3) is 12.2 Å². The van der Waals surface area contributed by atoms with Crippen LogP contribution in [0.4, 0.5) is 5.69 Å². The summed E-state index contributed by atoms with van der Waals surface area (Å²) >= 11 is 0. The molecule has 0 spiro atoms. The Balaban J connectivity index is 1.84.